The number of nitrogen functional groups attached to an aromatic ring is 1. The number of anilines is 1. The summed E-state index contributed by atoms with van der Waals surface area (Å²) in [6.07, 6.45) is -3.33. The van der Waals surface area contributed by atoms with Crippen LogP contribution in [0.1, 0.15) is 18.9 Å². The van der Waals surface area contributed by atoms with E-state index in [1.54, 1.807) is 4.57 Å². The molecule has 0 spiro atoms. The number of imidazole rings is 1. The monoisotopic (exact) mass is 693 g/mol. The number of nitrogens with zero attached hydrogens (tertiary/aromatic N) is 5. The van der Waals surface area contributed by atoms with E-state index < -0.39 is 81.0 Å². The molecule has 2 unspecified atom stereocenters. The summed E-state index contributed by atoms with van der Waals surface area (Å²) in [5.41, 5.74) is 5.19. The molecule has 0 bridgehead atoms. The Balaban J connectivity index is 0.00000221. The number of H-pyrrole nitrogens is 1. The van der Waals surface area contributed by atoms with Crippen LogP contribution in [-0.2, 0) is 60.9 Å². The highest BCUT2D eigenvalue weighted by molar-refractivity contribution is 8.32. The third-order valence-electron chi connectivity index (χ3n) is 6.87. The van der Waals surface area contributed by atoms with Gasteiger partial charge in [0.2, 0.25) is 0 Å². The molecule has 3 fully saturated rings. The zero-order valence-corrected chi connectivity index (χ0v) is 26.9. The second-order valence-electron chi connectivity index (χ2n) is 9.43. The molecule has 3 aliphatic rings. The predicted octanol–water partition coefficient (Wildman–Crippen LogP) is 0.116. The fourth-order valence-electron chi connectivity index (χ4n) is 4.99. The molecular formula is C22H29N7O11P2S2. The third-order valence-corrected chi connectivity index (χ3v) is 9.98. The predicted molar refractivity (Wildman–Crippen MR) is 158 cm³/mol. The molecule has 0 aromatic carbocycles. The first-order valence-corrected chi connectivity index (χ1v) is 17.4. The maximum absolute atomic E-state index is 13.4. The molecule has 9 atom stereocenters. The molecule has 44 heavy (non-hydrogen) atoms. The number of aromatic amines is 1. The highest BCUT2D eigenvalue weighted by Crippen LogP contribution is 2.53. The van der Waals surface area contributed by atoms with Crippen LogP contribution in [0, 0.1) is 14.9 Å². The molecule has 3 saturated heterocycles. The number of aromatic nitrogens is 6. The highest BCUT2D eigenvalue weighted by atomic mass is 32.7. The van der Waals surface area contributed by atoms with Gasteiger partial charge in [0.25, 0.3) is 5.56 Å². The Bertz CT molecular complexity index is 1710. The molecular weight excluding hydrogens is 664 g/mol. The molecule has 0 saturated carbocycles. The van der Waals surface area contributed by atoms with Gasteiger partial charge in [0.1, 0.15) is 49.2 Å². The summed E-state index contributed by atoms with van der Waals surface area (Å²) < 4.78 is 55.9. The van der Waals surface area contributed by atoms with Crippen molar-refractivity contribution in [1.29, 1.82) is 0 Å². The Morgan fingerprint density at radius 2 is 1.86 bits per heavy atom. The van der Waals surface area contributed by atoms with Gasteiger partial charge in [-0.05, 0) is 0 Å². The molecule has 3 aliphatic heterocycles. The van der Waals surface area contributed by atoms with Crippen LogP contribution in [0.4, 0.5) is 5.82 Å². The van der Waals surface area contributed by atoms with Crippen LogP contribution in [0.2, 0.25) is 0 Å². The Hall–Kier alpha value is -2.32. The van der Waals surface area contributed by atoms with Crippen molar-refractivity contribution < 1.29 is 41.8 Å². The van der Waals surface area contributed by atoms with Gasteiger partial charge in [0.15, 0.2) is 24.5 Å². The topological polar surface area (TPSA) is 229 Å². The number of nitrogens with one attached hydrogen (secondary N) is 1. The maximum Gasteiger partial charge on any atom is 0.330 e. The number of fused-ring (bicyclic) bond motifs is 3. The van der Waals surface area contributed by atoms with E-state index in [1.807, 2.05) is 0 Å². The molecule has 18 nitrogen and oxygen atoms in total. The van der Waals surface area contributed by atoms with E-state index >= 15 is 0 Å². The zero-order valence-electron chi connectivity index (χ0n) is 23.5. The molecule has 3 N–H and O–H groups in total. The van der Waals surface area contributed by atoms with Crippen LogP contribution >= 0.6 is 13.5 Å². The van der Waals surface area contributed by atoms with E-state index in [4.69, 9.17) is 62.1 Å². The molecule has 0 radical (unpaired) electrons. The van der Waals surface area contributed by atoms with E-state index in [0.717, 1.165) is 10.6 Å². The second kappa shape index (κ2) is 13.2. The molecule has 0 amide bonds. The lowest BCUT2D eigenvalue weighted by molar-refractivity contribution is -0.218. The standard InChI is InChI=1S/C20H25N7O11P2S2.2CH3/c1-32-16-15-11(36-19(16)26-3-2-12(28)25-20(26)29)6-34-39(30,41)37-9-4-13(35-10(9)5-33-40(31,42)38-15)27-8-24-14-17(21)22-7-23-18(14)27;;/h2-3,7-11,13,15-16,19H,4-6H2,1H3,(H,30,41)(H,31,42)(H2,21,22,23)(H,25,28,29);2*1H3/q;2*+1/p-2/t9-,10+,11+,13+,15+,16+,19+,39?,40?;;/m0../s1. The van der Waals surface area contributed by atoms with Crippen molar-refractivity contribution in [1.82, 2.24) is 29.1 Å². The van der Waals surface area contributed by atoms with Crippen LogP contribution in [0.25, 0.3) is 11.2 Å². The highest BCUT2D eigenvalue weighted by Gasteiger charge is 2.49. The van der Waals surface area contributed by atoms with Crippen molar-refractivity contribution in [2.24, 2.45) is 0 Å². The quantitative estimate of drug-likeness (QED) is 0.211. The third kappa shape index (κ3) is 6.76. The van der Waals surface area contributed by atoms with Crippen molar-refractivity contribution in [3.63, 3.8) is 0 Å². The lowest BCUT2D eigenvalue weighted by atomic mass is 10.1. The van der Waals surface area contributed by atoms with Crippen molar-refractivity contribution in [2.75, 3.05) is 26.1 Å². The number of hydrogen-bond donors (Lipinski definition) is 2. The zero-order chi connectivity index (χ0) is 29.8. The number of ether oxygens (including phenoxy) is 3. The van der Waals surface area contributed by atoms with Crippen molar-refractivity contribution in [3.8, 4) is 0 Å². The molecule has 3 aromatic heterocycles. The average molecular weight is 694 g/mol. The Morgan fingerprint density at radius 1 is 1.11 bits per heavy atom. The Kier molecular flexibility index (Phi) is 10.4. The number of methoxy groups -OCH3 is 1. The molecule has 0 aliphatic carbocycles. The SMILES string of the molecule is CO[C@@H]1[C@@H]2OP([O-])(=S)OC[C@H]3O[C@@H](n4cnc5c(N)ncnc54)C[C@@H]3OP(=O)([S-])OC[C@H]2O[C@H]1n1ccc(=O)[nH]c1=O.[CH3+].[CH3+]. The lowest BCUT2D eigenvalue weighted by Gasteiger charge is -2.37. The smallest absolute Gasteiger partial charge is 0.330 e. The van der Waals surface area contributed by atoms with Gasteiger partial charge in [-0.2, -0.15) is 0 Å². The number of nitrogens with two attached hydrogens (primary N) is 1. The van der Waals surface area contributed by atoms with Gasteiger partial charge < -0.3 is 55.2 Å². The fraction of sp³-hybridized carbons (Fsp3) is 0.500. The van der Waals surface area contributed by atoms with Gasteiger partial charge in [0.05, 0.1) is 25.6 Å². The van der Waals surface area contributed by atoms with Crippen LogP contribution in [0.5, 0.6) is 0 Å². The summed E-state index contributed by atoms with van der Waals surface area (Å²) in [4.78, 5) is 51.8. The van der Waals surface area contributed by atoms with E-state index in [2.05, 4.69) is 19.9 Å². The van der Waals surface area contributed by atoms with Gasteiger partial charge in [-0.3, -0.25) is 23.5 Å². The minimum absolute atomic E-state index is 0. The van der Waals surface area contributed by atoms with Crippen LogP contribution in [-0.4, -0.2) is 79.9 Å². The molecule has 6 rings (SSSR count). The summed E-state index contributed by atoms with van der Waals surface area (Å²) >= 11 is 10.3. The van der Waals surface area contributed by atoms with Gasteiger partial charge in [0, 0.05) is 40.6 Å². The first-order valence-electron chi connectivity index (χ1n) is 12.3. The Labute approximate surface area is 261 Å². The average Bonchev–Trinajstić information content (AvgIpc) is 3.61. The largest absolute Gasteiger partial charge is 0.780 e. The van der Waals surface area contributed by atoms with Crippen LogP contribution < -0.4 is 21.9 Å². The van der Waals surface area contributed by atoms with E-state index in [9.17, 15) is 19.0 Å². The molecule has 22 heteroatoms. The number of hydrogen-bond acceptors (Lipinski definition) is 17. The maximum atomic E-state index is 13.4. The van der Waals surface area contributed by atoms with Crippen LogP contribution in [0.3, 0.4) is 0 Å². The minimum Gasteiger partial charge on any atom is -0.780 e. The summed E-state index contributed by atoms with van der Waals surface area (Å²) in [6.45, 7) is -9.35. The summed E-state index contributed by atoms with van der Waals surface area (Å²) in [7, 11) is 1.30. The van der Waals surface area contributed by atoms with Crippen molar-refractivity contribution in [2.45, 2.75) is 49.4 Å². The molecule has 3 aromatic rings. The first kappa shape index (κ1) is 34.6. The molecule has 6 heterocycles. The summed E-state index contributed by atoms with van der Waals surface area (Å²) in [5, 5.41) is 0. The van der Waals surface area contributed by atoms with Crippen molar-refractivity contribution in [3.05, 3.63) is 60.6 Å². The number of rotatable bonds is 3. The van der Waals surface area contributed by atoms with Gasteiger partial charge in [-0.15, -0.1) is 0 Å². The van der Waals surface area contributed by atoms with Gasteiger partial charge in [-0.25, -0.2) is 19.7 Å². The van der Waals surface area contributed by atoms with Gasteiger partial charge >= 0.3 is 5.69 Å². The normalized spacial score (nSPS) is 35.8. The van der Waals surface area contributed by atoms with E-state index in [1.165, 1.54) is 26.0 Å². The minimum atomic E-state index is -4.27. The van der Waals surface area contributed by atoms with Gasteiger partial charge in [-0.1, -0.05) is 11.8 Å². The first-order chi connectivity index (χ1) is 19.9. The van der Waals surface area contributed by atoms with Crippen LogP contribution in [0.15, 0.2) is 34.5 Å². The second-order valence-corrected chi connectivity index (χ2v) is 14.8. The Morgan fingerprint density at radius 3 is 2.59 bits per heavy atom. The van der Waals surface area contributed by atoms with Crippen molar-refractivity contribution >= 4 is 54.6 Å². The fourth-order valence-corrected chi connectivity index (χ4v) is 7.87. The summed E-state index contributed by atoms with van der Waals surface area (Å²) in [6, 6.07) is 1.10. The summed E-state index contributed by atoms with van der Waals surface area (Å²) in [5.74, 6) is 0.172. The molecule has 240 valence electrons. The van der Waals surface area contributed by atoms with E-state index in [0.29, 0.717) is 11.2 Å². The van der Waals surface area contributed by atoms with E-state index in [-0.39, 0.29) is 27.1 Å². The lowest BCUT2D eigenvalue weighted by Crippen LogP contribution is -2.41.